The molecule has 0 radical (unpaired) electrons. The molecule has 23 heavy (non-hydrogen) atoms. The van der Waals surface area contributed by atoms with E-state index in [0.717, 1.165) is 12.8 Å². The zero-order valence-electron chi connectivity index (χ0n) is 13.7. The van der Waals surface area contributed by atoms with Gasteiger partial charge in [-0.05, 0) is 40.0 Å². The van der Waals surface area contributed by atoms with Crippen molar-refractivity contribution < 1.29 is 23.5 Å². The number of nitrogens with one attached hydrogen (secondary N) is 2. The Morgan fingerprint density at radius 1 is 1.26 bits per heavy atom. The monoisotopic (exact) mass is 322 g/mol. The Labute approximate surface area is 134 Å². The lowest BCUT2D eigenvalue weighted by molar-refractivity contribution is -0.130. The van der Waals surface area contributed by atoms with Gasteiger partial charge in [0, 0.05) is 12.1 Å². The molecule has 7 nitrogen and oxygen atoms in total. The summed E-state index contributed by atoms with van der Waals surface area (Å²) in [6, 6.07) is -0.566. The molecule has 2 N–H and O–H groups in total. The minimum absolute atomic E-state index is 0.195. The highest BCUT2D eigenvalue weighted by atomic mass is 16.5. The first-order valence-electron chi connectivity index (χ1n) is 7.71. The van der Waals surface area contributed by atoms with Crippen molar-refractivity contribution in [1.82, 2.24) is 10.6 Å². The maximum atomic E-state index is 12.1. The first kappa shape index (κ1) is 17.1. The van der Waals surface area contributed by atoms with Crippen molar-refractivity contribution in [3.05, 3.63) is 22.6 Å². The highest BCUT2D eigenvalue weighted by molar-refractivity contribution is 5.94. The number of furan rings is 1. The van der Waals surface area contributed by atoms with Crippen LogP contribution < -0.4 is 10.6 Å². The van der Waals surface area contributed by atoms with E-state index in [0.29, 0.717) is 35.6 Å². The van der Waals surface area contributed by atoms with E-state index < -0.39 is 24.5 Å². The van der Waals surface area contributed by atoms with Crippen molar-refractivity contribution in [2.24, 2.45) is 0 Å². The van der Waals surface area contributed by atoms with E-state index >= 15 is 0 Å². The molecule has 2 heterocycles. The number of ether oxygens (including phenoxy) is 1. The molecule has 1 aromatic rings. The van der Waals surface area contributed by atoms with Crippen molar-refractivity contribution in [1.29, 1.82) is 0 Å². The number of hydrogen-bond donors (Lipinski definition) is 2. The lowest BCUT2D eigenvalue weighted by atomic mass is 10.1. The highest BCUT2D eigenvalue weighted by Gasteiger charge is 2.24. The van der Waals surface area contributed by atoms with E-state index in [1.807, 2.05) is 0 Å². The summed E-state index contributed by atoms with van der Waals surface area (Å²) in [6.45, 7) is 5.39. The lowest BCUT2D eigenvalue weighted by Crippen LogP contribution is -2.46. The summed E-state index contributed by atoms with van der Waals surface area (Å²) in [4.78, 5) is 35.7. The maximum Gasteiger partial charge on any atom is 0.342 e. The van der Waals surface area contributed by atoms with Crippen molar-refractivity contribution in [2.75, 3.05) is 13.2 Å². The van der Waals surface area contributed by atoms with E-state index in [-0.39, 0.29) is 5.91 Å². The smallest absolute Gasteiger partial charge is 0.342 e. The standard InChI is InChI=1S/C16H22N2O5/c1-9-10(2)23-11(3)14(9)16(21)22-8-13(19)18-12-6-4-5-7-17-15(12)20/h12H,4-8H2,1-3H3,(H,17,20)(H,18,19)/t12-/m1/s1. The molecule has 1 saturated heterocycles. The molecule has 0 spiro atoms. The lowest BCUT2D eigenvalue weighted by Gasteiger charge is -2.15. The van der Waals surface area contributed by atoms with Gasteiger partial charge in [-0.15, -0.1) is 0 Å². The second-order valence-electron chi connectivity index (χ2n) is 5.70. The first-order valence-corrected chi connectivity index (χ1v) is 7.71. The second kappa shape index (κ2) is 7.30. The van der Waals surface area contributed by atoms with Gasteiger partial charge >= 0.3 is 5.97 Å². The van der Waals surface area contributed by atoms with Gasteiger partial charge < -0.3 is 19.8 Å². The Morgan fingerprint density at radius 3 is 2.65 bits per heavy atom. The Hall–Kier alpha value is -2.31. The SMILES string of the molecule is Cc1oc(C)c(C(=O)OCC(=O)N[C@@H]2CCCCNC2=O)c1C. The molecule has 0 saturated carbocycles. The Balaban J connectivity index is 1.88. The second-order valence-corrected chi connectivity index (χ2v) is 5.70. The predicted molar refractivity (Wildman–Crippen MR) is 82.0 cm³/mol. The van der Waals surface area contributed by atoms with Crippen LogP contribution >= 0.6 is 0 Å². The molecule has 1 aromatic heterocycles. The molecule has 0 unspecified atom stereocenters. The summed E-state index contributed by atoms with van der Waals surface area (Å²) < 4.78 is 10.4. The van der Waals surface area contributed by atoms with E-state index in [9.17, 15) is 14.4 Å². The first-order chi connectivity index (χ1) is 10.9. The van der Waals surface area contributed by atoms with Gasteiger partial charge in [0.2, 0.25) is 5.91 Å². The number of esters is 1. The van der Waals surface area contributed by atoms with Crippen LogP contribution in [0, 0.1) is 20.8 Å². The van der Waals surface area contributed by atoms with Gasteiger partial charge in [-0.2, -0.15) is 0 Å². The fraction of sp³-hybridized carbons (Fsp3) is 0.562. The molecule has 0 bridgehead atoms. The van der Waals surface area contributed by atoms with E-state index in [2.05, 4.69) is 10.6 Å². The zero-order valence-corrected chi connectivity index (χ0v) is 13.7. The molecule has 1 fully saturated rings. The summed E-state index contributed by atoms with van der Waals surface area (Å²) >= 11 is 0. The van der Waals surface area contributed by atoms with Crippen molar-refractivity contribution in [3.63, 3.8) is 0 Å². The number of hydrogen-bond acceptors (Lipinski definition) is 5. The molecule has 1 atom stereocenters. The quantitative estimate of drug-likeness (QED) is 0.810. The van der Waals surface area contributed by atoms with Gasteiger partial charge in [0.25, 0.3) is 5.91 Å². The summed E-state index contributed by atoms with van der Waals surface area (Å²) in [7, 11) is 0. The normalized spacial score (nSPS) is 18.0. The van der Waals surface area contributed by atoms with Crippen LogP contribution in [-0.2, 0) is 14.3 Å². The van der Waals surface area contributed by atoms with E-state index in [1.54, 1.807) is 20.8 Å². The number of amides is 2. The molecule has 0 aromatic carbocycles. The third kappa shape index (κ3) is 4.12. The van der Waals surface area contributed by atoms with Crippen molar-refractivity contribution in [3.8, 4) is 0 Å². The van der Waals surface area contributed by atoms with Gasteiger partial charge in [-0.1, -0.05) is 0 Å². The third-order valence-electron chi connectivity index (χ3n) is 3.97. The largest absolute Gasteiger partial charge is 0.465 e. The van der Waals surface area contributed by atoms with E-state index in [4.69, 9.17) is 9.15 Å². The van der Waals surface area contributed by atoms with E-state index in [1.165, 1.54) is 0 Å². The van der Waals surface area contributed by atoms with Crippen molar-refractivity contribution >= 4 is 17.8 Å². The van der Waals surface area contributed by atoms with Gasteiger partial charge in [0.1, 0.15) is 23.1 Å². The average molecular weight is 322 g/mol. The van der Waals surface area contributed by atoms with Crippen LogP contribution in [-0.4, -0.2) is 37.0 Å². The molecule has 2 amide bonds. The Morgan fingerprint density at radius 2 is 2.00 bits per heavy atom. The molecule has 0 aliphatic carbocycles. The predicted octanol–water partition coefficient (Wildman–Crippen LogP) is 1.15. The molecule has 1 aliphatic heterocycles. The summed E-state index contributed by atoms with van der Waals surface area (Å²) in [5.74, 6) is -0.171. The molecular weight excluding hydrogens is 300 g/mol. The van der Waals surface area contributed by atoms with Gasteiger partial charge in [0.05, 0.1) is 0 Å². The summed E-state index contributed by atoms with van der Waals surface area (Å²) in [5, 5.41) is 5.33. The Bertz CT molecular complexity index is 620. The van der Waals surface area contributed by atoms with Crippen LogP contribution in [0.4, 0.5) is 0 Å². The van der Waals surface area contributed by atoms with Gasteiger partial charge in [-0.3, -0.25) is 9.59 Å². The molecule has 1 aliphatic rings. The van der Waals surface area contributed by atoms with Crippen LogP contribution in [0.2, 0.25) is 0 Å². The minimum Gasteiger partial charge on any atom is -0.465 e. The molecule has 126 valence electrons. The number of aryl methyl sites for hydroxylation is 2. The number of carbonyl (C=O) groups is 3. The molecule has 2 rings (SSSR count). The highest BCUT2D eigenvalue weighted by Crippen LogP contribution is 2.21. The van der Waals surface area contributed by atoms with Crippen LogP contribution in [0.1, 0.15) is 46.7 Å². The fourth-order valence-electron chi connectivity index (χ4n) is 2.61. The average Bonchev–Trinajstić information content (AvgIpc) is 2.64. The van der Waals surface area contributed by atoms with Crippen LogP contribution in [0.5, 0.6) is 0 Å². The number of carbonyl (C=O) groups excluding carboxylic acids is 3. The maximum absolute atomic E-state index is 12.1. The summed E-state index contributed by atoms with van der Waals surface area (Å²) in [5.41, 5.74) is 1.05. The van der Waals surface area contributed by atoms with Gasteiger partial charge in [0.15, 0.2) is 6.61 Å². The van der Waals surface area contributed by atoms with Crippen molar-refractivity contribution in [2.45, 2.75) is 46.1 Å². The minimum atomic E-state index is -0.600. The third-order valence-corrected chi connectivity index (χ3v) is 3.97. The fourth-order valence-corrected chi connectivity index (χ4v) is 2.61. The van der Waals surface area contributed by atoms with Crippen LogP contribution in [0.25, 0.3) is 0 Å². The van der Waals surface area contributed by atoms with Crippen LogP contribution in [0.3, 0.4) is 0 Å². The topological polar surface area (TPSA) is 97.6 Å². The number of rotatable bonds is 4. The Kier molecular flexibility index (Phi) is 5.41. The van der Waals surface area contributed by atoms with Gasteiger partial charge in [-0.25, -0.2) is 4.79 Å². The molecular formula is C16H22N2O5. The van der Waals surface area contributed by atoms with Crippen LogP contribution in [0.15, 0.2) is 4.42 Å². The summed E-state index contributed by atoms with van der Waals surface area (Å²) in [6.07, 6.45) is 2.34. The molecule has 7 heteroatoms. The zero-order chi connectivity index (χ0) is 17.0.